The Labute approximate surface area is 163 Å². The Morgan fingerprint density at radius 1 is 1.26 bits per heavy atom. The number of hydrogen-bond acceptors (Lipinski definition) is 3. The van der Waals surface area contributed by atoms with Crippen molar-refractivity contribution in [3.8, 4) is 0 Å². The van der Waals surface area contributed by atoms with Crippen molar-refractivity contribution in [3.05, 3.63) is 54.1 Å². The van der Waals surface area contributed by atoms with Gasteiger partial charge in [0, 0.05) is 44.5 Å². The van der Waals surface area contributed by atoms with Gasteiger partial charge in [-0.25, -0.2) is 4.98 Å². The molecule has 1 aliphatic heterocycles. The maximum atomic E-state index is 13.3. The van der Waals surface area contributed by atoms with Gasteiger partial charge in [-0.1, -0.05) is 30.3 Å². The lowest BCUT2D eigenvalue weighted by molar-refractivity contribution is -0.137. The second kappa shape index (κ2) is 8.26. The van der Waals surface area contributed by atoms with E-state index in [1.54, 1.807) is 0 Å². The van der Waals surface area contributed by atoms with Crippen LogP contribution in [0.15, 0.2) is 42.7 Å². The van der Waals surface area contributed by atoms with Crippen LogP contribution in [0.2, 0.25) is 0 Å². The third-order valence-electron chi connectivity index (χ3n) is 5.64. The maximum absolute atomic E-state index is 13.3. The highest BCUT2D eigenvalue weighted by molar-refractivity contribution is 5.87. The molecule has 5 nitrogen and oxygen atoms in total. The van der Waals surface area contributed by atoms with Crippen molar-refractivity contribution >= 4 is 5.91 Å². The number of carbonyl (C=O) groups excluding carboxylic acids is 1. The molecule has 2 heterocycles. The van der Waals surface area contributed by atoms with Crippen molar-refractivity contribution in [1.29, 1.82) is 0 Å². The summed E-state index contributed by atoms with van der Waals surface area (Å²) in [6, 6.07) is 10.1. The van der Waals surface area contributed by atoms with E-state index in [0.29, 0.717) is 5.92 Å². The monoisotopic (exact) mass is 368 g/mol. The molecule has 146 valence electrons. The Balaban J connectivity index is 1.73. The number of benzene rings is 1. The fourth-order valence-corrected chi connectivity index (χ4v) is 3.92. The standard InChI is InChI=1S/C22H32N4O/c1-22(2,19-10-6-5-7-11-19)21(27)26-13-8-9-18(17-26)20-23-12-14-25(20)16-15-24(3)4/h5-7,10-12,14,18H,8-9,13,15-17H2,1-4H3/t18-/m0/s1. The summed E-state index contributed by atoms with van der Waals surface area (Å²) in [4.78, 5) is 22.2. The van der Waals surface area contributed by atoms with Gasteiger partial charge >= 0.3 is 0 Å². The van der Waals surface area contributed by atoms with Gasteiger partial charge in [0.25, 0.3) is 0 Å². The van der Waals surface area contributed by atoms with Gasteiger partial charge < -0.3 is 14.4 Å². The van der Waals surface area contributed by atoms with E-state index in [2.05, 4.69) is 34.7 Å². The van der Waals surface area contributed by atoms with Gasteiger partial charge in [-0.05, 0) is 46.3 Å². The number of aromatic nitrogens is 2. The lowest BCUT2D eigenvalue weighted by Gasteiger charge is -2.37. The van der Waals surface area contributed by atoms with Gasteiger partial charge in [0.05, 0.1) is 5.41 Å². The number of amides is 1. The summed E-state index contributed by atoms with van der Waals surface area (Å²) >= 11 is 0. The minimum Gasteiger partial charge on any atom is -0.341 e. The molecular weight excluding hydrogens is 336 g/mol. The summed E-state index contributed by atoms with van der Waals surface area (Å²) in [6.45, 7) is 7.58. The summed E-state index contributed by atoms with van der Waals surface area (Å²) in [5, 5.41) is 0. The zero-order valence-corrected chi connectivity index (χ0v) is 17.1. The largest absolute Gasteiger partial charge is 0.341 e. The second-order valence-electron chi connectivity index (χ2n) is 8.36. The van der Waals surface area contributed by atoms with E-state index in [-0.39, 0.29) is 5.91 Å². The Morgan fingerprint density at radius 2 is 2.00 bits per heavy atom. The number of hydrogen-bond donors (Lipinski definition) is 0. The molecule has 0 bridgehead atoms. The molecule has 1 aliphatic rings. The van der Waals surface area contributed by atoms with E-state index in [4.69, 9.17) is 0 Å². The average molecular weight is 369 g/mol. The molecule has 1 aromatic heterocycles. The van der Waals surface area contributed by atoms with Crippen LogP contribution in [0.4, 0.5) is 0 Å². The minimum atomic E-state index is -0.510. The smallest absolute Gasteiger partial charge is 0.232 e. The Bertz CT molecular complexity index is 751. The zero-order chi connectivity index (χ0) is 19.4. The lowest BCUT2D eigenvalue weighted by atomic mass is 9.82. The first-order valence-electron chi connectivity index (χ1n) is 9.90. The molecule has 1 fully saturated rings. The first kappa shape index (κ1) is 19.6. The van der Waals surface area contributed by atoms with Crippen LogP contribution in [0.5, 0.6) is 0 Å². The Morgan fingerprint density at radius 3 is 2.70 bits per heavy atom. The number of likely N-dealkylation sites (N-methyl/N-ethyl adjacent to an activating group) is 1. The van der Waals surface area contributed by atoms with Crippen molar-refractivity contribution in [2.75, 3.05) is 33.7 Å². The maximum Gasteiger partial charge on any atom is 0.232 e. The van der Waals surface area contributed by atoms with Crippen LogP contribution in [-0.4, -0.2) is 59.0 Å². The van der Waals surface area contributed by atoms with Gasteiger partial charge in [0.1, 0.15) is 5.82 Å². The molecule has 1 saturated heterocycles. The highest BCUT2D eigenvalue weighted by Gasteiger charge is 2.36. The third kappa shape index (κ3) is 4.41. The number of piperidine rings is 1. The van der Waals surface area contributed by atoms with Gasteiger partial charge in [-0.2, -0.15) is 0 Å². The van der Waals surface area contributed by atoms with E-state index in [9.17, 15) is 4.79 Å². The molecule has 5 heteroatoms. The number of rotatable bonds is 6. The molecule has 0 radical (unpaired) electrons. The highest BCUT2D eigenvalue weighted by Crippen LogP contribution is 2.31. The van der Waals surface area contributed by atoms with Crippen molar-refractivity contribution in [2.24, 2.45) is 0 Å². The fraction of sp³-hybridized carbons (Fsp3) is 0.545. The minimum absolute atomic E-state index is 0.213. The van der Waals surface area contributed by atoms with Gasteiger partial charge in [0.2, 0.25) is 5.91 Å². The van der Waals surface area contributed by atoms with Crippen LogP contribution in [0.1, 0.15) is 44.0 Å². The van der Waals surface area contributed by atoms with Crippen LogP contribution >= 0.6 is 0 Å². The first-order valence-corrected chi connectivity index (χ1v) is 9.90. The van der Waals surface area contributed by atoms with Crippen LogP contribution < -0.4 is 0 Å². The molecular formula is C22H32N4O. The van der Waals surface area contributed by atoms with Crippen molar-refractivity contribution in [1.82, 2.24) is 19.4 Å². The molecule has 0 spiro atoms. The molecule has 27 heavy (non-hydrogen) atoms. The second-order valence-corrected chi connectivity index (χ2v) is 8.36. The summed E-state index contributed by atoms with van der Waals surface area (Å²) < 4.78 is 2.25. The summed E-state index contributed by atoms with van der Waals surface area (Å²) in [5.74, 6) is 1.64. The Hall–Kier alpha value is -2.14. The Kier molecular flexibility index (Phi) is 6.00. The van der Waals surface area contributed by atoms with E-state index < -0.39 is 5.41 Å². The molecule has 3 rings (SSSR count). The van der Waals surface area contributed by atoms with E-state index in [0.717, 1.165) is 50.4 Å². The topological polar surface area (TPSA) is 41.4 Å². The molecule has 0 aliphatic carbocycles. The van der Waals surface area contributed by atoms with Gasteiger partial charge in [-0.3, -0.25) is 4.79 Å². The third-order valence-corrected chi connectivity index (χ3v) is 5.64. The fourth-order valence-electron chi connectivity index (χ4n) is 3.92. The predicted molar refractivity (Wildman–Crippen MR) is 109 cm³/mol. The van der Waals surface area contributed by atoms with Crippen molar-refractivity contribution in [2.45, 2.75) is 44.6 Å². The number of carbonyl (C=O) groups is 1. The van der Waals surface area contributed by atoms with Crippen LogP contribution in [-0.2, 0) is 16.8 Å². The molecule has 0 N–H and O–H groups in total. The van der Waals surface area contributed by atoms with Gasteiger partial charge in [-0.15, -0.1) is 0 Å². The van der Waals surface area contributed by atoms with Crippen LogP contribution in [0.3, 0.4) is 0 Å². The van der Waals surface area contributed by atoms with Crippen LogP contribution in [0.25, 0.3) is 0 Å². The molecule has 0 unspecified atom stereocenters. The molecule has 1 aromatic carbocycles. The zero-order valence-electron chi connectivity index (χ0n) is 17.1. The lowest BCUT2D eigenvalue weighted by Crippen LogP contribution is -2.47. The molecule has 1 atom stereocenters. The van der Waals surface area contributed by atoms with E-state index >= 15 is 0 Å². The quantitative estimate of drug-likeness (QED) is 0.787. The van der Waals surface area contributed by atoms with Crippen molar-refractivity contribution in [3.63, 3.8) is 0 Å². The van der Waals surface area contributed by atoms with E-state index in [1.165, 1.54) is 0 Å². The summed E-state index contributed by atoms with van der Waals surface area (Å²) in [7, 11) is 4.17. The summed E-state index contributed by atoms with van der Waals surface area (Å²) in [5.41, 5.74) is 0.563. The molecule has 0 saturated carbocycles. The molecule has 2 aromatic rings. The van der Waals surface area contributed by atoms with Gasteiger partial charge in [0.15, 0.2) is 0 Å². The van der Waals surface area contributed by atoms with Crippen LogP contribution in [0, 0.1) is 0 Å². The normalized spacial score (nSPS) is 18.1. The first-order chi connectivity index (χ1) is 12.9. The summed E-state index contributed by atoms with van der Waals surface area (Å²) in [6.07, 6.45) is 6.07. The molecule has 1 amide bonds. The SMILES string of the molecule is CN(C)CCn1ccnc1[C@H]1CCCN(C(=O)C(C)(C)c2ccccc2)C1. The average Bonchev–Trinajstić information content (AvgIpc) is 3.15. The number of nitrogens with zero attached hydrogens (tertiary/aromatic N) is 4. The predicted octanol–water partition coefficient (Wildman–Crippen LogP) is 3.13. The number of likely N-dealkylation sites (tertiary alicyclic amines) is 1. The van der Waals surface area contributed by atoms with Crippen molar-refractivity contribution < 1.29 is 4.79 Å². The number of imidazole rings is 1. The highest BCUT2D eigenvalue weighted by atomic mass is 16.2. The van der Waals surface area contributed by atoms with E-state index in [1.807, 2.05) is 55.3 Å².